The van der Waals surface area contributed by atoms with Crippen molar-refractivity contribution in [2.24, 2.45) is 52.3 Å². The number of aliphatic hydroxyl groups is 1. The van der Waals surface area contributed by atoms with E-state index in [-0.39, 0.29) is 12.6 Å². The number of carbonyl (C=O) groups excluding carboxylic acids is 1. The van der Waals surface area contributed by atoms with Crippen molar-refractivity contribution in [3.05, 3.63) is 11.8 Å². The van der Waals surface area contributed by atoms with Crippen LogP contribution in [0.4, 0.5) is 4.79 Å². The van der Waals surface area contributed by atoms with E-state index in [1.54, 1.807) is 0 Å². The summed E-state index contributed by atoms with van der Waals surface area (Å²) in [5.74, 6) is 5.94. The van der Waals surface area contributed by atoms with Gasteiger partial charge in [0, 0.05) is 50.7 Å². The average molecular weight is 571 g/mol. The molecule has 7 heteroatoms. The lowest BCUT2D eigenvalue weighted by Crippen LogP contribution is -2.58. The molecule has 2 heterocycles. The summed E-state index contributed by atoms with van der Waals surface area (Å²) in [6, 6.07) is 0.296. The molecule has 4 unspecified atom stereocenters. The van der Waals surface area contributed by atoms with Gasteiger partial charge in [-0.1, -0.05) is 27.7 Å². The number of urea groups is 1. The number of hydrogen-bond donors (Lipinski definition) is 3. The first-order chi connectivity index (χ1) is 19.6. The highest BCUT2D eigenvalue weighted by Crippen LogP contribution is 2.70. The fraction of sp³-hybridized carbons (Fsp3) is 0.912. The van der Waals surface area contributed by atoms with E-state index in [1.165, 1.54) is 44.3 Å². The Morgan fingerprint density at radius 3 is 2.59 bits per heavy atom. The molecule has 0 spiro atoms. The molecule has 6 aliphatic rings. The summed E-state index contributed by atoms with van der Waals surface area (Å²) in [6.07, 6.45) is 14.9. The molecule has 0 aromatic carbocycles. The minimum absolute atomic E-state index is 0.00628. The van der Waals surface area contributed by atoms with Gasteiger partial charge < -0.3 is 20.1 Å². The zero-order chi connectivity index (χ0) is 28.9. The second-order valence-electron chi connectivity index (χ2n) is 15.7. The molecule has 6 rings (SSSR count). The van der Waals surface area contributed by atoms with Crippen molar-refractivity contribution in [2.45, 2.75) is 104 Å². The van der Waals surface area contributed by atoms with E-state index in [4.69, 9.17) is 4.74 Å². The Balaban J connectivity index is 1.06. The van der Waals surface area contributed by atoms with Crippen LogP contribution in [0, 0.1) is 52.3 Å². The predicted octanol–water partition coefficient (Wildman–Crippen LogP) is 5.41. The van der Waals surface area contributed by atoms with Gasteiger partial charge in [0.25, 0.3) is 0 Å². The third-order valence-electron chi connectivity index (χ3n) is 13.4. The number of nitrogens with zero attached hydrogens (tertiary/aromatic N) is 2. The Bertz CT molecular complexity index is 981. The van der Waals surface area contributed by atoms with E-state index in [1.807, 2.05) is 0 Å². The molecule has 4 aliphatic carbocycles. The Morgan fingerprint density at radius 1 is 1.07 bits per heavy atom. The van der Waals surface area contributed by atoms with Gasteiger partial charge in [-0.2, -0.15) is 0 Å². The average Bonchev–Trinajstić information content (AvgIpc) is 3.42. The maximum absolute atomic E-state index is 12.8. The first kappa shape index (κ1) is 29.7. The van der Waals surface area contributed by atoms with Crippen LogP contribution < -0.4 is 10.7 Å². The lowest BCUT2D eigenvalue weighted by molar-refractivity contribution is -0.116. The number of aliphatic hydroxyl groups excluding tert-OH is 1. The van der Waals surface area contributed by atoms with Gasteiger partial charge in [0.2, 0.25) is 0 Å². The van der Waals surface area contributed by atoms with Crippen LogP contribution in [0.2, 0.25) is 0 Å². The molecule has 11 atom stereocenters. The number of carbonyl (C=O) groups is 1. The third-order valence-corrected chi connectivity index (χ3v) is 13.4. The normalized spacial score (nSPS) is 46.1. The summed E-state index contributed by atoms with van der Waals surface area (Å²) in [7, 11) is 2.14. The first-order valence-corrected chi connectivity index (χ1v) is 17.1. The number of hydrazine groups is 1. The molecular formula is C34H58N4O3. The molecule has 3 N–H and O–H groups in total. The molecule has 2 saturated heterocycles. The van der Waals surface area contributed by atoms with Crippen molar-refractivity contribution in [2.75, 3.05) is 39.8 Å². The summed E-state index contributed by atoms with van der Waals surface area (Å²) in [5, 5.41) is 14.8. The molecule has 0 aromatic heterocycles. The quantitative estimate of drug-likeness (QED) is 0.398. The molecule has 7 nitrogen and oxygen atoms in total. The number of nitrogens with one attached hydrogen (secondary N) is 2. The van der Waals surface area contributed by atoms with E-state index < -0.39 is 0 Å². The molecule has 6 fully saturated rings. The van der Waals surface area contributed by atoms with Gasteiger partial charge in [0.15, 0.2) is 0 Å². The zero-order valence-corrected chi connectivity index (χ0v) is 26.5. The van der Waals surface area contributed by atoms with Gasteiger partial charge in [-0.05, 0) is 118 Å². The minimum Gasteiger partial charge on any atom is -0.494 e. The standard InChI is InChI=1S/C34H58N4O3/c1-22(21-39)7-6-8-29-23(2)31-30(41-29)20-28-26-10-9-24-19-25(35-32(40)36-38-17-15-37(5)16-18-38)11-13-33(24,3)27(26)12-14-34(28,31)4/h8,22-28,30-31,39H,6-7,9-21H2,1-5H3,(H2,35,36,40)/b29-8-/t22-,23?,24+,25-,26+,27?,28?,30-,31?,33-,34-/m0/s1. The molecule has 0 aromatic rings. The Hall–Kier alpha value is -1.31. The van der Waals surface area contributed by atoms with E-state index in [2.05, 4.69) is 61.5 Å². The molecule has 41 heavy (non-hydrogen) atoms. The van der Waals surface area contributed by atoms with Crippen LogP contribution in [0.1, 0.15) is 91.9 Å². The summed E-state index contributed by atoms with van der Waals surface area (Å²) in [4.78, 5) is 15.1. The molecular weight excluding hydrogens is 512 g/mol. The highest BCUT2D eigenvalue weighted by molar-refractivity contribution is 5.73. The molecule has 0 bridgehead atoms. The summed E-state index contributed by atoms with van der Waals surface area (Å²) in [5.41, 5.74) is 3.92. The Labute approximate surface area is 249 Å². The number of amides is 2. The number of ether oxygens (including phenoxy) is 1. The van der Waals surface area contributed by atoms with Crippen LogP contribution >= 0.6 is 0 Å². The van der Waals surface area contributed by atoms with E-state index in [0.29, 0.717) is 40.7 Å². The van der Waals surface area contributed by atoms with E-state index >= 15 is 0 Å². The number of fused-ring (bicyclic) bond motifs is 7. The second kappa shape index (κ2) is 11.6. The SMILES string of the molecule is CC1/C(=C/CC[C@H](C)CO)O[C@H]2CC3[C@@H]4CC[C@@H]5C[C@@H](NC(=O)NN6CCN(C)CC6)CC[C@]5(C)C4CC[C@]3(C)C12. The van der Waals surface area contributed by atoms with Gasteiger partial charge in [0.05, 0.1) is 5.76 Å². The van der Waals surface area contributed by atoms with Gasteiger partial charge in [0.1, 0.15) is 6.10 Å². The number of piperazine rings is 1. The fourth-order valence-electron chi connectivity index (χ4n) is 11.0. The van der Waals surface area contributed by atoms with Crippen LogP contribution in [0.3, 0.4) is 0 Å². The summed E-state index contributed by atoms with van der Waals surface area (Å²) < 4.78 is 6.74. The molecule has 4 saturated carbocycles. The maximum Gasteiger partial charge on any atom is 0.329 e. The van der Waals surface area contributed by atoms with Crippen molar-refractivity contribution in [3.63, 3.8) is 0 Å². The molecule has 2 amide bonds. The van der Waals surface area contributed by atoms with Gasteiger partial charge >= 0.3 is 6.03 Å². The number of hydrogen-bond acceptors (Lipinski definition) is 5. The van der Waals surface area contributed by atoms with Crippen molar-refractivity contribution in [1.82, 2.24) is 20.7 Å². The van der Waals surface area contributed by atoms with Crippen LogP contribution in [-0.4, -0.2) is 73.0 Å². The minimum atomic E-state index is -0.00628. The molecule has 0 radical (unpaired) electrons. The first-order valence-electron chi connectivity index (χ1n) is 17.1. The lowest BCUT2D eigenvalue weighted by atomic mass is 9.44. The number of likely N-dealkylation sites (N-methyl/N-ethyl adjacent to an activating group) is 1. The largest absolute Gasteiger partial charge is 0.494 e. The topological polar surface area (TPSA) is 77.1 Å². The molecule has 2 aliphatic heterocycles. The fourth-order valence-corrected chi connectivity index (χ4v) is 11.0. The maximum atomic E-state index is 12.8. The van der Waals surface area contributed by atoms with Gasteiger partial charge in [-0.25, -0.2) is 9.80 Å². The van der Waals surface area contributed by atoms with Gasteiger partial charge in [-0.15, -0.1) is 0 Å². The highest BCUT2D eigenvalue weighted by Gasteiger charge is 2.65. The predicted molar refractivity (Wildman–Crippen MR) is 163 cm³/mol. The Kier molecular flexibility index (Phi) is 8.45. The van der Waals surface area contributed by atoms with Crippen LogP contribution in [0.25, 0.3) is 0 Å². The summed E-state index contributed by atoms with van der Waals surface area (Å²) in [6.45, 7) is 13.9. The Morgan fingerprint density at radius 2 is 1.83 bits per heavy atom. The monoisotopic (exact) mass is 570 g/mol. The van der Waals surface area contributed by atoms with E-state index in [9.17, 15) is 9.90 Å². The zero-order valence-electron chi connectivity index (χ0n) is 26.5. The molecule has 232 valence electrons. The van der Waals surface area contributed by atoms with Crippen molar-refractivity contribution in [1.29, 1.82) is 0 Å². The highest BCUT2D eigenvalue weighted by atomic mass is 16.5. The smallest absolute Gasteiger partial charge is 0.329 e. The van der Waals surface area contributed by atoms with Crippen LogP contribution in [0.15, 0.2) is 11.8 Å². The van der Waals surface area contributed by atoms with Crippen molar-refractivity contribution >= 4 is 6.03 Å². The number of rotatable bonds is 6. The van der Waals surface area contributed by atoms with E-state index in [0.717, 1.165) is 75.5 Å². The van der Waals surface area contributed by atoms with Gasteiger partial charge in [-0.3, -0.25) is 5.43 Å². The summed E-state index contributed by atoms with van der Waals surface area (Å²) >= 11 is 0. The number of allylic oxidation sites excluding steroid dienone is 2. The van der Waals surface area contributed by atoms with Crippen molar-refractivity contribution in [3.8, 4) is 0 Å². The van der Waals surface area contributed by atoms with Crippen LogP contribution in [0.5, 0.6) is 0 Å². The van der Waals surface area contributed by atoms with Crippen molar-refractivity contribution < 1.29 is 14.6 Å². The lowest BCUT2D eigenvalue weighted by Gasteiger charge is -2.61. The van der Waals surface area contributed by atoms with Crippen LogP contribution in [-0.2, 0) is 4.74 Å². The third kappa shape index (κ3) is 5.46. The second-order valence-corrected chi connectivity index (χ2v) is 15.7.